The fraction of sp³-hybridized carbons (Fsp3) is 0.600. The molecule has 0 amide bonds. The van der Waals surface area contributed by atoms with Crippen molar-refractivity contribution in [1.29, 1.82) is 0 Å². The minimum atomic E-state index is -0.180. The summed E-state index contributed by atoms with van der Waals surface area (Å²) in [6.07, 6.45) is 0.957. The lowest BCUT2D eigenvalue weighted by atomic mass is 10.0. The lowest BCUT2D eigenvalue weighted by molar-refractivity contribution is 0.0838. The Balaban J connectivity index is 2.71. The zero-order chi connectivity index (χ0) is 13.4. The normalized spacial score (nSPS) is 14.0. The van der Waals surface area contributed by atoms with Crippen LogP contribution in [0, 0.1) is 0 Å². The van der Waals surface area contributed by atoms with E-state index in [0.29, 0.717) is 6.61 Å². The van der Waals surface area contributed by atoms with Gasteiger partial charge < -0.3 is 14.8 Å². The smallest absolute Gasteiger partial charge is 0.123 e. The van der Waals surface area contributed by atoms with E-state index in [2.05, 4.69) is 26.1 Å². The Morgan fingerprint density at radius 3 is 2.50 bits per heavy atom. The van der Waals surface area contributed by atoms with E-state index in [1.165, 1.54) is 0 Å². The quantitative estimate of drug-likeness (QED) is 0.769. The van der Waals surface area contributed by atoms with E-state index in [4.69, 9.17) is 9.47 Å². The monoisotopic (exact) mass is 251 g/mol. The van der Waals surface area contributed by atoms with Crippen LogP contribution in [0.4, 0.5) is 0 Å². The summed E-state index contributed by atoms with van der Waals surface area (Å²) in [5.74, 6) is 1.72. The molecule has 0 radical (unpaired) electrons. The van der Waals surface area contributed by atoms with Gasteiger partial charge in [0, 0.05) is 12.6 Å². The summed E-state index contributed by atoms with van der Waals surface area (Å²) >= 11 is 0. The number of nitrogens with one attached hydrogen (secondary N) is 1. The van der Waals surface area contributed by atoms with Gasteiger partial charge in [-0.1, -0.05) is 19.9 Å². The molecule has 1 N–H and O–H groups in total. The van der Waals surface area contributed by atoms with Crippen molar-refractivity contribution < 1.29 is 9.47 Å². The summed E-state index contributed by atoms with van der Waals surface area (Å²) in [5, 5.41) is 3.34. The van der Waals surface area contributed by atoms with Gasteiger partial charge in [-0.25, -0.2) is 0 Å². The van der Waals surface area contributed by atoms with Crippen LogP contribution in [0.25, 0.3) is 0 Å². The predicted octanol–water partition coefficient (Wildman–Crippen LogP) is 3.24. The van der Waals surface area contributed by atoms with E-state index in [9.17, 15) is 0 Å². The average molecular weight is 251 g/mol. The largest absolute Gasteiger partial charge is 0.494 e. The van der Waals surface area contributed by atoms with Crippen molar-refractivity contribution in [3.63, 3.8) is 0 Å². The van der Waals surface area contributed by atoms with Gasteiger partial charge in [-0.05, 0) is 38.9 Å². The van der Waals surface area contributed by atoms with Crippen molar-refractivity contribution in [1.82, 2.24) is 5.32 Å². The first-order chi connectivity index (χ1) is 8.63. The minimum absolute atomic E-state index is 0.180. The number of ether oxygens (including phenoxy) is 2. The molecule has 0 aliphatic heterocycles. The molecule has 1 unspecified atom stereocenters. The summed E-state index contributed by atoms with van der Waals surface area (Å²) in [6, 6.07) is 7.83. The van der Waals surface area contributed by atoms with Gasteiger partial charge in [-0.15, -0.1) is 0 Å². The molecule has 3 heteroatoms. The van der Waals surface area contributed by atoms with Gasteiger partial charge in [0.15, 0.2) is 0 Å². The molecule has 0 heterocycles. The van der Waals surface area contributed by atoms with Crippen LogP contribution in [-0.4, -0.2) is 25.3 Å². The summed E-state index contributed by atoms with van der Waals surface area (Å²) in [4.78, 5) is 0. The van der Waals surface area contributed by atoms with Crippen LogP contribution in [0.1, 0.15) is 34.1 Å². The SMILES string of the molecule is CCNCC(C)(CC)Oc1cccc(OCC)c1. The molecule has 0 aliphatic rings. The summed E-state index contributed by atoms with van der Waals surface area (Å²) in [6.45, 7) is 10.8. The molecule has 0 bridgehead atoms. The second-order valence-electron chi connectivity index (χ2n) is 4.59. The van der Waals surface area contributed by atoms with Crippen LogP contribution in [-0.2, 0) is 0 Å². The van der Waals surface area contributed by atoms with Gasteiger partial charge in [0.25, 0.3) is 0 Å². The van der Waals surface area contributed by atoms with Gasteiger partial charge in [-0.2, -0.15) is 0 Å². The molecule has 0 aliphatic carbocycles. The molecular formula is C15H25NO2. The van der Waals surface area contributed by atoms with E-state index in [-0.39, 0.29) is 5.60 Å². The Morgan fingerprint density at radius 1 is 1.17 bits per heavy atom. The van der Waals surface area contributed by atoms with E-state index in [0.717, 1.165) is 31.0 Å². The van der Waals surface area contributed by atoms with Gasteiger partial charge in [0.1, 0.15) is 17.1 Å². The minimum Gasteiger partial charge on any atom is -0.494 e. The molecule has 0 saturated heterocycles. The fourth-order valence-electron chi connectivity index (χ4n) is 1.70. The maximum atomic E-state index is 6.10. The number of hydrogen-bond acceptors (Lipinski definition) is 3. The van der Waals surface area contributed by atoms with E-state index in [1.807, 2.05) is 31.2 Å². The molecule has 0 spiro atoms. The summed E-state index contributed by atoms with van der Waals surface area (Å²) in [7, 11) is 0. The van der Waals surface area contributed by atoms with E-state index in [1.54, 1.807) is 0 Å². The van der Waals surface area contributed by atoms with Gasteiger partial charge in [0.2, 0.25) is 0 Å². The standard InChI is InChI=1S/C15H25NO2/c1-5-15(4,12-16-6-2)18-14-10-8-9-13(11-14)17-7-3/h8-11,16H,5-7,12H2,1-4H3. The Morgan fingerprint density at radius 2 is 1.89 bits per heavy atom. The molecule has 102 valence electrons. The Labute approximate surface area is 110 Å². The van der Waals surface area contributed by atoms with E-state index < -0.39 is 0 Å². The number of hydrogen-bond donors (Lipinski definition) is 1. The molecule has 3 nitrogen and oxygen atoms in total. The lowest BCUT2D eigenvalue weighted by Crippen LogP contribution is -2.42. The number of rotatable bonds is 8. The molecule has 1 rings (SSSR count). The second kappa shape index (κ2) is 7.27. The van der Waals surface area contributed by atoms with Crippen LogP contribution in [0.5, 0.6) is 11.5 Å². The lowest BCUT2D eigenvalue weighted by Gasteiger charge is -2.30. The second-order valence-corrected chi connectivity index (χ2v) is 4.59. The molecule has 18 heavy (non-hydrogen) atoms. The predicted molar refractivity (Wildman–Crippen MR) is 75.5 cm³/mol. The van der Waals surface area contributed by atoms with Crippen molar-refractivity contribution >= 4 is 0 Å². The topological polar surface area (TPSA) is 30.5 Å². The van der Waals surface area contributed by atoms with Crippen molar-refractivity contribution in [2.75, 3.05) is 19.7 Å². The third kappa shape index (κ3) is 4.57. The van der Waals surface area contributed by atoms with Gasteiger partial charge in [0.05, 0.1) is 6.61 Å². The van der Waals surface area contributed by atoms with Gasteiger partial charge >= 0.3 is 0 Å². The zero-order valence-electron chi connectivity index (χ0n) is 12.0. The van der Waals surface area contributed by atoms with Crippen LogP contribution in [0.3, 0.4) is 0 Å². The Bertz CT molecular complexity index is 354. The fourth-order valence-corrected chi connectivity index (χ4v) is 1.70. The molecule has 0 fully saturated rings. The van der Waals surface area contributed by atoms with Crippen molar-refractivity contribution in [3.05, 3.63) is 24.3 Å². The van der Waals surface area contributed by atoms with Crippen molar-refractivity contribution in [3.8, 4) is 11.5 Å². The highest BCUT2D eigenvalue weighted by molar-refractivity contribution is 5.33. The highest BCUT2D eigenvalue weighted by Gasteiger charge is 2.23. The molecule has 1 atom stereocenters. The number of likely N-dealkylation sites (N-methyl/N-ethyl adjacent to an activating group) is 1. The third-order valence-corrected chi connectivity index (χ3v) is 2.98. The van der Waals surface area contributed by atoms with Gasteiger partial charge in [-0.3, -0.25) is 0 Å². The van der Waals surface area contributed by atoms with Crippen LogP contribution in [0.2, 0.25) is 0 Å². The van der Waals surface area contributed by atoms with Crippen molar-refractivity contribution in [2.24, 2.45) is 0 Å². The maximum absolute atomic E-state index is 6.10. The molecule has 0 saturated carbocycles. The first kappa shape index (κ1) is 14.8. The molecule has 1 aromatic rings. The number of benzene rings is 1. The molecule has 0 aromatic heterocycles. The van der Waals surface area contributed by atoms with Crippen LogP contribution in [0.15, 0.2) is 24.3 Å². The Hall–Kier alpha value is -1.22. The first-order valence-corrected chi connectivity index (χ1v) is 6.76. The van der Waals surface area contributed by atoms with E-state index >= 15 is 0 Å². The summed E-state index contributed by atoms with van der Waals surface area (Å²) in [5.41, 5.74) is -0.180. The van der Waals surface area contributed by atoms with Crippen LogP contribution < -0.4 is 14.8 Å². The zero-order valence-corrected chi connectivity index (χ0v) is 12.0. The molecular weight excluding hydrogens is 226 g/mol. The van der Waals surface area contributed by atoms with Crippen LogP contribution >= 0.6 is 0 Å². The Kier molecular flexibility index (Phi) is 5.99. The highest BCUT2D eigenvalue weighted by atomic mass is 16.5. The average Bonchev–Trinajstić information content (AvgIpc) is 2.37. The van der Waals surface area contributed by atoms with Crippen molar-refractivity contribution in [2.45, 2.75) is 39.7 Å². The highest BCUT2D eigenvalue weighted by Crippen LogP contribution is 2.25. The molecule has 1 aromatic carbocycles. The first-order valence-electron chi connectivity index (χ1n) is 6.76. The maximum Gasteiger partial charge on any atom is 0.123 e. The third-order valence-electron chi connectivity index (χ3n) is 2.98. The summed E-state index contributed by atoms with van der Waals surface area (Å²) < 4.78 is 11.6.